The van der Waals surface area contributed by atoms with Crippen LogP contribution in [0.2, 0.25) is 0 Å². The molecule has 0 aliphatic carbocycles. The molecule has 0 bridgehead atoms. The topological polar surface area (TPSA) is 32.3 Å². The van der Waals surface area contributed by atoms with Crippen molar-refractivity contribution >= 4 is 5.91 Å². The van der Waals surface area contributed by atoms with Gasteiger partial charge in [-0.2, -0.15) is 0 Å². The molecule has 1 aliphatic heterocycles. The minimum atomic E-state index is 0.0668. The summed E-state index contributed by atoms with van der Waals surface area (Å²) < 4.78 is 0. The molecule has 0 spiro atoms. The van der Waals surface area contributed by atoms with Crippen LogP contribution < -0.4 is 5.32 Å². The van der Waals surface area contributed by atoms with Crippen LogP contribution in [0.4, 0.5) is 0 Å². The molecule has 1 heterocycles. The van der Waals surface area contributed by atoms with Crippen molar-refractivity contribution in [3.63, 3.8) is 0 Å². The van der Waals surface area contributed by atoms with Crippen molar-refractivity contribution in [1.29, 1.82) is 0 Å². The van der Waals surface area contributed by atoms with Crippen LogP contribution in [0, 0.1) is 5.92 Å². The summed E-state index contributed by atoms with van der Waals surface area (Å²) in [5, 5.41) is 3.35. The van der Waals surface area contributed by atoms with Crippen LogP contribution in [-0.4, -0.2) is 29.6 Å². The van der Waals surface area contributed by atoms with Gasteiger partial charge in [0.1, 0.15) is 0 Å². The first-order valence-electron chi connectivity index (χ1n) is 6.12. The summed E-state index contributed by atoms with van der Waals surface area (Å²) in [5.41, 5.74) is 0. The Hall–Kier alpha value is -0.570. The fourth-order valence-electron chi connectivity index (χ4n) is 2.04. The van der Waals surface area contributed by atoms with Gasteiger partial charge in [-0.25, -0.2) is 0 Å². The molecule has 0 aromatic carbocycles. The molecule has 88 valence electrons. The van der Waals surface area contributed by atoms with Crippen LogP contribution in [0.5, 0.6) is 0 Å². The molecule has 0 aromatic rings. The van der Waals surface area contributed by atoms with Gasteiger partial charge >= 0.3 is 0 Å². The molecule has 0 radical (unpaired) electrons. The Bertz CT molecular complexity index is 216. The van der Waals surface area contributed by atoms with Gasteiger partial charge in [-0.1, -0.05) is 27.2 Å². The van der Waals surface area contributed by atoms with E-state index < -0.39 is 0 Å². The van der Waals surface area contributed by atoms with Crippen molar-refractivity contribution in [2.75, 3.05) is 6.54 Å². The lowest BCUT2D eigenvalue weighted by molar-refractivity contribution is -0.130. The molecule has 1 fully saturated rings. The Balaban J connectivity index is 2.47. The van der Waals surface area contributed by atoms with Crippen molar-refractivity contribution in [2.24, 2.45) is 5.92 Å². The van der Waals surface area contributed by atoms with E-state index in [4.69, 9.17) is 0 Å². The second-order valence-corrected chi connectivity index (χ2v) is 4.90. The van der Waals surface area contributed by atoms with Gasteiger partial charge in [-0.15, -0.1) is 0 Å². The molecule has 0 aromatic heterocycles. The zero-order valence-electron chi connectivity index (χ0n) is 10.4. The van der Waals surface area contributed by atoms with E-state index >= 15 is 0 Å². The third-order valence-electron chi connectivity index (χ3n) is 3.02. The summed E-state index contributed by atoms with van der Waals surface area (Å²) in [4.78, 5) is 14.0. The van der Waals surface area contributed by atoms with Crippen LogP contribution in [-0.2, 0) is 4.79 Å². The van der Waals surface area contributed by atoms with Crippen molar-refractivity contribution in [3.8, 4) is 0 Å². The first kappa shape index (κ1) is 12.5. The standard InChI is InChI=1S/C12H24N2O/c1-5-6-11-12(15)14(10(4)13-11)8-7-9(2)3/h9-11,13H,5-8H2,1-4H3. The normalized spacial score (nSPS) is 26.7. The summed E-state index contributed by atoms with van der Waals surface area (Å²) in [6.45, 7) is 9.49. The SMILES string of the molecule is CCCC1NC(C)N(CCC(C)C)C1=O. The summed E-state index contributed by atoms with van der Waals surface area (Å²) in [7, 11) is 0. The Kier molecular flexibility index (Phi) is 4.58. The minimum absolute atomic E-state index is 0.0668. The average molecular weight is 212 g/mol. The Morgan fingerprint density at radius 2 is 2.13 bits per heavy atom. The summed E-state index contributed by atoms with van der Waals surface area (Å²) in [5.74, 6) is 0.959. The van der Waals surface area contributed by atoms with E-state index in [0.717, 1.165) is 25.8 Å². The van der Waals surface area contributed by atoms with Gasteiger partial charge in [0.05, 0.1) is 12.2 Å². The minimum Gasteiger partial charge on any atom is -0.326 e. The monoisotopic (exact) mass is 212 g/mol. The van der Waals surface area contributed by atoms with Crippen LogP contribution in [0.15, 0.2) is 0 Å². The van der Waals surface area contributed by atoms with Crippen LogP contribution >= 0.6 is 0 Å². The van der Waals surface area contributed by atoms with Gasteiger partial charge in [0.2, 0.25) is 5.91 Å². The fourth-order valence-corrected chi connectivity index (χ4v) is 2.04. The maximum Gasteiger partial charge on any atom is 0.241 e. The molecule has 2 unspecified atom stereocenters. The molecule has 1 saturated heterocycles. The number of nitrogens with zero attached hydrogens (tertiary/aromatic N) is 1. The van der Waals surface area contributed by atoms with E-state index in [9.17, 15) is 4.79 Å². The Morgan fingerprint density at radius 3 is 2.67 bits per heavy atom. The first-order chi connectivity index (χ1) is 7.06. The molecular formula is C12H24N2O. The lowest BCUT2D eigenvalue weighted by atomic mass is 10.1. The molecule has 1 aliphatic rings. The van der Waals surface area contributed by atoms with E-state index in [2.05, 4.69) is 33.0 Å². The fraction of sp³-hybridized carbons (Fsp3) is 0.917. The van der Waals surface area contributed by atoms with Crippen molar-refractivity contribution < 1.29 is 4.79 Å². The smallest absolute Gasteiger partial charge is 0.241 e. The van der Waals surface area contributed by atoms with Crippen molar-refractivity contribution in [2.45, 2.75) is 59.2 Å². The molecule has 15 heavy (non-hydrogen) atoms. The molecule has 1 N–H and O–H groups in total. The van der Waals surface area contributed by atoms with E-state index in [-0.39, 0.29) is 12.2 Å². The second kappa shape index (κ2) is 5.50. The largest absolute Gasteiger partial charge is 0.326 e. The maximum atomic E-state index is 12.0. The number of rotatable bonds is 5. The highest BCUT2D eigenvalue weighted by molar-refractivity contribution is 5.84. The highest BCUT2D eigenvalue weighted by Gasteiger charge is 2.34. The van der Waals surface area contributed by atoms with Gasteiger partial charge in [-0.3, -0.25) is 10.1 Å². The van der Waals surface area contributed by atoms with Crippen molar-refractivity contribution in [1.82, 2.24) is 10.2 Å². The highest BCUT2D eigenvalue weighted by atomic mass is 16.2. The number of carbonyl (C=O) groups excluding carboxylic acids is 1. The first-order valence-corrected chi connectivity index (χ1v) is 6.12. The maximum absolute atomic E-state index is 12.0. The molecule has 3 heteroatoms. The number of amides is 1. The van der Waals surface area contributed by atoms with Gasteiger partial charge in [0.25, 0.3) is 0 Å². The van der Waals surface area contributed by atoms with Crippen LogP contribution in [0.1, 0.15) is 47.0 Å². The summed E-state index contributed by atoms with van der Waals surface area (Å²) >= 11 is 0. The Labute approximate surface area is 93.2 Å². The van der Waals surface area contributed by atoms with Crippen molar-refractivity contribution in [3.05, 3.63) is 0 Å². The molecule has 1 rings (SSSR count). The number of hydrogen-bond acceptors (Lipinski definition) is 2. The molecule has 2 atom stereocenters. The van der Waals surface area contributed by atoms with E-state index in [0.29, 0.717) is 11.8 Å². The average Bonchev–Trinajstić information content (AvgIpc) is 2.40. The summed E-state index contributed by atoms with van der Waals surface area (Å²) in [6.07, 6.45) is 3.33. The van der Waals surface area contributed by atoms with E-state index in [1.807, 2.05) is 4.90 Å². The number of carbonyl (C=O) groups is 1. The predicted octanol–water partition coefficient (Wildman–Crippen LogP) is 1.98. The highest BCUT2D eigenvalue weighted by Crippen LogP contribution is 2.15. The Morgan fingerprint density at radius 1 is 1.47 bits per heavy atom. The third-order valence-corrected chi connectivity index (χ3v) is 3.02. The third kappa shape index (κ3) is 3.20. The summed E-state index contributed by atoms with van der Waals surface area (Å²) in [6, 6.07) is 0.0668. The molecule has 0 saturated carbocycles. The predicted molar refractivity (Wildman–Crippen MR) is 62.5 cm³/mol. The van der Waals surface area contributed by atoms with Crippen LogP contribution in [0.3, 0.4) is 0 Å². The molecule has 1 amide bonds. The van der Waals surface area contributed by atoms with E-state index in [1.165, 1.54) is 0 Å². The molecule has 3 nitrogen and oxygen atoms in total. The number of hydrogen-bond donors (Lipinski definition) is 1. The van der Waals surface area contributed by atoms with Gasteiger partial charge in [-0.05, 0) is 25.7 Å². The zero-order chi connectivity index (χ0) is 11.4. The zero-order valence-corrected chi connectivity index (χ0v) is 10.4. The quantitative estimate of drug-likeness (QED) is 0.755. The molecular weight excluding hydrogens is 188 g/mol. The van der Waals surface area contributed by atoms with Gasteiger partial charge in [0, 0.05) is 6.54 Å². The van der Waals surface area contributed by atoms with Crippen LogP contribution in [0.25, 0.3) is 0 Å². The lowest BCUT2D eigenvalue weighted by Gasteiger charge is -2.21. The second-order valence-electron chi connectivity index (χ2n) is 4.90. The number of nitrogens with one attached hydrogen (secondary N) is 1. The lowest BCUT2D eigenvalue weighted by Crippen LogP contribution is -2.35. The van der Waals surface area contributed by atoms with Gasteiger partial charge in [0.15, 0.2) is 0 Å². The van der Waals surface area contributed by atoms with E-state index in [1.54, 1.807) is 0 Å². The van der Waals surface area contributed by atoms with Gasteiger partial charge < -0.3 is 4.90 Å².